The molecule has 0 unspecified atom stereocenters. The van der Waals surface area contributed by atoms with Crippen molar-refractivity contribution in [3.05, 3.63) is 89.5 Å². The molecule has 0 bridgehead atoms. The highest BCUT2D eigenvalue weighted by molar-refractivity contribution is 7.15. The molecule has 0 saturated carbocycles. The maximum atomic E-state index is 12.8. The van der Waals surface area contributed by atoms with Crippen LogP contribution >= 0.6 is 22.9 Å². The predicted molar refractivity (Wildman–Crippen MR) is 116 cm³/mol. The van der Waals surface area contributed by atoms with Crippen molar-refractivity contribution in [2.75, 3.05) is 14.2 Å². The van der Waals surface area contributed by atoms with Crippen LogP contribution in [0.25, 0.3) is 11.0 Å². The molecule has 0 aliphatic rings. The molecule has 0 aliphatic carbocycles. The maximum absolute atomic E-state index is 12.8. The molecule has 2 aromatic carbocycles. The van der Waals surface area contributed by atoms with Crippen LogP contribution in [0.1, 0.15) is 16.8 Å². The fourth-order valence-electron chi connectivity index (χ4n) is 2.94. The zero-order valence-electron chi connectivity index (χ0n) is 16.1. The van der Waals surface area contributed by atoms with Crippen molar-refractivity contribution >= 4 is 34.0 Å². The van der Waals surface area contributed by atoms with E-state index in [9.17, 15) is 9.59 Å². The topological polar surface area (TPSA) is 82.8 Å². The van der Waals surface area contributed by atoms with Crippen LogP contribution in [0.15, 0.2) is 52.1 Å². The summed E-state index contributed by atoms with van der Waals surface area (Å²) in [4.78, 5) is 29.5. The molecule has 152 valence electrons. The molecule has 0 N–H and O–H groups in total. The summed E-state index contributed by atoms with van der Waals surface area (Å²) in [7, 11) is 3.10. The van der Waals surface area contributed by atoms with Gasteiger partial charge in [0, 0.05) is 11.4 Å². The first kappa shape index (κ1) is 20.1. The fourth-order valence-corrected chi connectivity index (χ4v) is 3.97. The van der Waals surface area contributed by atoms with Crippen LogP contribution in [-0.4, -0.2) is 28.8 Å². The van der Waals surface area contributed by atoms with Gasteiger partial charge in [-0.3, -0.25) is 9.59 Å². The van der Waals surface area contributed by atoms with Crippen molar-refractivity contribution in [2.24, 2.45) is 0 Å². The maximum Gasteiger partial charge on any atom is 0.296 e. The number of ether oxygens (including phenoxy) is 2. The summed E-state index contributed by atoms with van der Waals surface area (Å²) in [5, 5.41) is 4.86. The first-order chi connectivity index (χ1) is 14.5. The Hall–Kier alpha value is -3.23. The standard InChI is InChI=1S/C21H16ClN3O4S/c1-28-16-8-5-13(10-17(16)29-2)11-18-20(27)25-21(30-18)23-19(26)15(24-25)9-12-3-6-14(22)7-4-12/h3-8,10-11H,9H2,1-2H3/b18-11+. The minimum atomic E-state index is -0.455. The van der Waals surface area contributed by atoms with Gasteiger partial charge < -0.3 is 9.47 Å². The number of aromatic nitrogens is 3. The van der Waals surface area contributed by atoms with E-state index >= 15 is 0 Å². The third-order valence-corrected chi connectivity index (χ3v) is 5.65. The highest BCUT2D eigenvalue weighted by atomic mass is 35.5. The van der Waals surface area contributed by atoms with Crippen LogP contribution in [0.2, 0.25) is 5.02 Å². The number of thiazole rings is 1. The van der Waals surface area contributed by atoms with Gasteiger partial charge in [-0.25, -0.2) is 0 Å². The van der Waals surface area contributed by atoms with Gasteiger partial charge in [-0.1, -0.05) is 41.1 Å². The van der Waals surface area contributed by atoms with E-state index in [1.807, 2.05) is 6.07 Å². The average molecular weight is 442 g/mol. The second-order valence-corrected chi connectivity index (χ2v) is 7.84. The highest BCUT2D eigenvalue weighted by Crippen LogP contribution is 2.27. The van der Waals surface area contributed by atoms with E-state index in [0.29, 0.717) is 21.1 Å². The van der Waals surface area contributed by atoms with E-state index in [2.05, 4.69) is 10.1 Å². The second-order valence-electron chi connectivity index (χ2n) is 6.39. The minimum absolute atomic E-state index is 0.197. The lowest BCUT2D eigenvalue weighted by Gasteiger charge is -2.07. The van der Waals surface area contributed by atoms with Gasteiger partial charge in [0.25, 0.3) is 11.1 Å². The molecule has 0 amide bonds. The SMILES string of the molecule is COc1ccc(/C=c2/sc3nc(=O)c(Cc4ccc(Cl)cc4)nn3c2=O)cc1OC. The Morgan fingerprint density at radius 3 is 2.50 bits per heavy atom. The number of hydrogen-bond donors (Lipinski definition) is 0. The Balaban J connectivity index is 1.77. The lowest BCUT2D eigenvalue weighted by molar-refractivity contribution is 0.355. The summed E-state index contributed by atoms with van der Waals surface area (Å²) in [5.74, 6) is 1.14. The quantitative estimate of drug-likeness (QED) is 0.472. The predicted octanol–water partition coefficient (Wildman–Crippen LogP) is 2.32. The van der Waals surface area contributed by atoms with E-state index in [1.54, 1.807) is 56.7 Å². The Morgan fingerprint density at radius 2 is 1.80 bits per heavy atom. The summed E-state index contributed by atoms with van der Waals surface area (Å²) >= 11 is 7.00. The van der Waals surface area contributed by atoms with Crippen LogP contribution in [0.3, 0.4) is 0 Å². The summed E-state index contributed by atoms with van der Waals surface area (Å²) in [6.45, 7) is 0. The molecule has 2 heterocycles. The third-order valence-electron chi connectivity index (χ3n) is 4.44. The summed E-state index contributed by atoms with van der Waals surface area (Å²) in [6, 6.07) is 12.4. The van der Waals surface area contributed by atoms with E-state index in [4.69, 9.17) is 21.1 Å². The zero-order chi connectivity index (χ0) is 21.3. The van der Waals surface area contributed by atoms with Gasteiger partial charge >= 0.3 is 0 Å². The van der Waals surface area contributed by atoms with E-state index in [0.717, 1.165) is 22.5 Å². The number of fused-ring (bicyclic) bond motifs is 1. The number of benzene rings is 2. The minimum Gasteiger partial charge on any atom is -0.493 e. The van der Waals surface area contributed by atoms with Gasteiger partial charge in [-0.2, -0.15) is 14.6 Å². The van der Waals surface area contributed by atoms with Crippen LogP contribution < -0.4 is 25.1 Å². The highest BCUT2D eigenvalue weighted by Gasteiger charge is 2.12. The Kier molecular flexibility index (Phi) is 5.52. The van der Waals surface area contributed by atoms with Crippen LogP contribution in [-0.2, 0) is 6.42 Å². The largest absolute Gasteiger partial charge is 0.493 e. The molecule has 0 saturated heterocycles. The lowest BCUT2D eigenvalue weighted by Crippen LogP contribution is -2.28. The van der Waals surface area contributed by atoms with Gasteiger partial charge in [-0.05, 0) is 41.5 Å². The molecule has 0 radical (unpaired) electrons. The molecule has 0 aliphatic heterocycles. The molecule has 2 aromatic heterocycles. The first-order valence-electron chi connectivity index (χ1n) is 8.89. The van der Waals surface area contributed by atoms with Crippen molar-refractivity contribution in [1.29, 1.82) is 0 Å². The molecule has 4 rings (SSSR count). The molecular weight excluding hydrogens is 426 g/mol. The van der Waals surface area contributed by atoms with Crippen molar-refractivity contribution < 1.29 is 9.47 Å². The fraction of sp³-hybridized carbons (Fsp3) is 0.143. The average Bonchev–Trinajstić information content (AvgIpc) is 3.04. The number of rotatable bonds is 5. The lowest BCUT2D eigenvalue weighted by atomic mass is 10.1. The van der Waals surface area contributed by atoms with Crippen LogP contribution in [0, 0.1) is 0 Å². The molecule has 4 aromatic rings. The summed E-state index contributed by atoms with van der Waals surface area (Å²) in [5.41, 5.74) is 1.01. The van der Waals surface area contributed by atoms with E-state index in [-0.39, 0.29) is 22.6 Å². The monoisotopic (exact) mass is 441 g/mol. The van der Waals surface area contributed by atoms with Crippen molar-refractivity contribution in [2.45, 2.75) is 6.42 Å². The van der Waals surface area contributed by atoms with Gasteiger partial charge in [0.1, 0.15) is 5.69 Å². The summed E-state index contributed by atoms with van der Waals surface area (Å²) < 4.78 is 12.1. The second kappa shape index (κ2) is 8.25. The van der Waals surface area contributed by atoms with Gasteiger partial charge in [0.2, 0.25) is 4.96 Å². The van der Waals surface area contributed by atoms with Crippen LogP contribution in [0.4, 0.5) is 0 Å². The normalized spacial score (nSPS) is 11.8. The summed E-state index contributed by atoms with van der Waals surface area (Å²) in [6.07, 6.45) is 1.96. The number of halogens is 1. The van der Waals surface area contributed by atoms with Gasteiger partial charge in [0.05, 0.1) is 18.8 Å². The Bertz CT molecular complexity index is 1400. The zero-order valence-corrected chi connectivity index (χ0v) is 17.7. The molecule has 30 heavy (non-hydrogen) atoms. The van der Waals surface area contributed by atoms with Crippen LogP contribution in [0.5, 0.6) is 11.5 Å². The molecule has 7 nitrogen and oxygen atoms in total. The molecule has 0 spiro atoms. The Morgan fingerprint density at radius 1 is 1.07 bits per heavy atom. The number of nitrogens with zero attached hydrogens (tertiary/aromatic N) is 3. The number of hydrogen-bond acceptors (Lipinski definition) is 7. The molecule has 0 atom stereocenters. The van der Waals surface area contributed by atoms with Gasteiger partial charge in [0.15, 0.2) is 11.5 Å². The third kappa shape index (κ3) is 3.92. The smallest absolute Gasteiger partial charge is 0.296 e. The van der Waals surface area contributed by atoms with E-state index < -0.39 is 5.56 Å². The first-order valence-corrected chi connectivity index (χ1v) is 10.1. The Labute approximate surface area is 179 Å². The molecular formula is C21H16ClN3O4S. The molecule has 9 heteroatoms. The van der Waals surface area contributed by atoms with Crippen molar-refractivity contribution in [1.82, 2.24) is 14.6 Å². The van der Waals surface area contributed by atoms with Crippen molar-refractivity contribution in [3.63, 3.8) is 0 Å². The van der Waals surface area contributed by atoms with Crippen molar-refractivity contribution in [3.8, 4) is 11.5 Å². The van der Waals surface area contributed by atoms with E-state index in [1.165, 1.54) is 4.52 Å². The number of methoxy groups -OCH3 is 2. The van der Waals surface area contributed by atoms with Gasteiger partial charge in [-0.15, -0.1) is 0 Å². The molecule has 0 fully saturated rings.